The fourth-order valence-electron chi connectivity index (χ4n) is 1.30. The highest BCUT2D eigenvalue weighted by atomic mass is 16.5. The number of hydrogen-bond acceptors (Lipinski definition) is 5. The minimum atomic E-state index is -1.11. The SMILES string of the molecule is O=C(NCc1ccno1)Nc1cncc(C(=O)O)c1. The number of pyridine rings is 1. The lowest BCUT2D eigenvalue weighted by Crippen LogP contribution is -2.28. The molecule has 0 unspecified atom stereocenters. The van der Waals surface area contributed by atoms with Gasteiger partial charge in [-0.15, -0.1) is 0 Å². The summed E-state index contributed by atoms with van der Waals surface area (Å²) in [5.41, 5.74) is 0.281. The van der Waals surface area contributed by atoms with Crippen LogP contribution in [0.5, 0.6) is 0 Å². The summed E-state index contributed by atoms with van der Waals surface area (Å²) in [5, 5.41) is 17.3. The minimum Gasteiger partial charge on any atom is -0.478 e. The summed E-state index contributed by atoms with van der Waals surface area (Å²) >= 11 is 0. The van der Waals surface area contributed by atoms with Crippen molar-refractivity contribution in [3.8, 4) is 0 Å². The number of anilines is 1. The zero-order valence-corrected chi connectivity index (χ0v) is 9.66. The average Bonchev–Trinajstić information content (AvgIpc) is 2.90. The molecule has 2 heterocycles. The van der Waals surface area contributed by atoms with Gasteiger partial charge in [-0.2, -0.15) is 0 Å². The number of carboxylic acid groups (broad SMARTS) is 1. The summed E-state index contributed by atoms with van der Waals surface area (Å²) in [6.07, 6.45) is 4.01. The average molecular weight is 262 g/mol. The van der Waals surface area contributed by atoms with Crippen LogP contribution in [0, 0.1) is 0 Å². The van der Waals surface area contributed by atoms with E-state index >= 15 is 0 Å². The van der Waals surface area contributed by atoms with Crippen molar-refractivity contribution >= 4 is 17.7 Å². The molecule has 3 N–H and O–H groups in total. The quantitative estimate of drug-likeness (QED) is 0.759. The van der Waals surface area contributed by atoms with Crippen LogP contribution in [-0.2, 0) is 6.54 Å². The molecule has 0 aliphatic carbocycles. The maximum atomic E-state index is 11.5. The van der Waals surface area contributed by atoms with E-state index in [1.807, 2.05) is 0 Å². The number of urea groups is 1. The Bertz CT molecular complexity index is 582. The molecular formula is C11H10N4O4. The van der Waals surface area contributed by atoms with E-state index in [1.165, 1.54) is 24.7 Å². The molecule has 0 saturated heterocycles. The molecule has 0 fully saturated rings. The van der Waals surface area contributed by atoms with Crippen molar-refractivity contribution < 1.29 is 19.2 Å². The lowest BCUT2D eigenvalue weighted by Gasteiger charge is -2.06. The summed E-state index contributed by atoms with van der Waals surface area (Å²) in [5.74, 6) is -0.606. The van der Waals surface area contributed by atoms with Crippen LogP contribution in [-0.4, -0.2) is 27.2 Å². The summed E-state index contributed by atoms with van der Waals surface area (Å²) in [4.78, 5) is 26.0. The first kappa shape index (κ1) is 12.6. The molecular weight excluding hydrogens is 252 g/mol. The Kier molecular flexibility index (Phi) is 3.72. The van der Waals surface area contributed by atoms with E-state index in [2.05, 4.69) is 20.8 Å². The highest BCUT2D eigenvalue weighted by Gasteiger charge is 2.07. The van der Waals surface area contributed by atoms with Gasteiger partial charge in [-0.1, -0.05) is 5.16 Å². The van der Waals surface area contributed by atoms with E-state index in [0.717, 1.165) is 0 Å². The first-order valence-electron chi connectivity index (χ1n) is 5.28. The van der Waals surface area contributed by atoms with Gasteiger partial charge in [-0.25, -0.2) is 9.59 Å². The van der Waals surface area contributed by atoms with Crippen molar-refractivity contribution in [2.45, 2.75) is 6.54 Å². The van der Waals surface area contributed by atoms with E-state index < -0.39 is 12.0 Å². The Hall–Kier alpha value is -2.90. The number of carboxylic acids is 1. The Morgan fingerprint density at radius 2 is 2.21 bits per heavy atom. The van der Waals surface area contributed by atoms with Gasteiger partial charge in [0.2, 0.25) is 0 Å². The van der Waals surface area contributed by atoms with Crippen LogP contribution in [0.25, 0.3) is 0 Å². The molecule has 2 rings (SSSR count). The van der Waals surface area contributed by atoms with Gasteiger partial charge in [-0.05, 0) is 6.07 Å². The number of hydrogen-bond donors (Lipinski definition) is 3. The number of carbonyl (C=O) groups excluding carboxylic acids is 1. The molecule has 8 heteroatoms. The second-order valence-corrected chi connectivity index (χ2v) is 3.55. The molecule has 98 valence electrons. The van der Waals surface area contributed by atoms with Crippen molar-refractivity contribution in [1.82, 2.24) is 15.5 Å². The van der Waals surface area contributed by atoms with Crippen molar-refractivity contribution in [2.75, 3.05) is 5.32 Å². The van der Waals surface area contributed by atoms with E-state index in [-0.39, 0.29) is 17.8 Å². The predicted molar refractivity (Wildman–Crippen MR) is 63.6 cm³/mol. The highest BCUT2D eigenvalue weighted by Crippen LogP contribution is 2.08. The second kappa shape index (κ2) is 5.63. The number of carbonyl (C=O) groups is 2. The van der Waals surface area contributed by atoms with Crippen LogP contribution in [0.2, 0.25) is 0 Å². The Balaban J connectivity index is 1.91. The fourth-order valence-corrected chi connectivity index (χ4v) is 1.30. The third kappa shape index (κ3) is 3.53. The predicted octanol–water partition coefficient (Wildman–Crippen LogP) is 1.09. The Morgan fingerprint density at radius 3 is 2.89 bits per heavy atom. The number of rotatable bonds is 4. The molecule has 0 radical (unpaired) electrons. The maximum Gasteiger partial charge on any atom is 0.337 e. The zero-order chi connectivity index (χ0) is 13.7. The normalized spacial score (nSPS) is 9.89. The maximum absolute atomic E-state index is 11.5. The zero-order valence-electron chi connectivity index (χ0n) is 9.66. The molecule has 2 aromatic heterocycles. The molecule has 8 nitrogen and oxygen atoms in total. The summed E-state index contributed by atoms with van der Waals surface area (Å²) in [7, 11) is 0. The molecule has 0 bridgehead atoms. The van der Waals surface area contributed by atoms with Crippen LogP contribution in [0.1, 0.15) is 16.1 Å². The van der Waals surface area contributed by atoms with Gasteiger partial charge in [0, 0.05) is 12.3 Å². The number of aromatic carboxylic acids is 1. The first-order chi connectivity index (χ1) is 9.15. The van der Waals surface area contributed by atoms with Crippen molar-refractivity contribution in [3.63, 3.8) is 0 Å². The molecule has 0 aliphatic heterocycles. The third-order valence-corrected chi connectivity index (χ3v) is 2.16. The van der Waals surface area contributed by atoms with Crippen LogP contribution < -0.4 is 10.6 Å². The van der Waals surface area contributed by atoms with Gasteiger partial charge in [0.15, 0.2) is 5.76 Å². The van der Waals surface area contributed by atoms with E-state index in [4.69, 9.17) is 9.63 Å². The van der Waals surface area contributed by atoms with Gasteiger partial charge in [0.25, 0.3) is 0 Å². The summed E-state index contributed by atoms with van der Waals surface area (Å²) in [6.45, 7) is 0.178. The van der Waals surface area contributed by atoms with Crippen LogP contribution in [0.4, 0.5) is 10.5 Å². The molecule has 0 aromatic carbocycles. The smallest absolute Gasteiger partial charge is 0.337 e. The fraction of sp³-hybridized carbons (Fsp3) is 0.0909. The largest absolute Gasteiger partial charge is 0.478 e. The van der Waals surface area contributed by atoms with Crippen molar-refractivity contribution in [1.29, 1.82) is 0 Å². The lowest BCUT2D eigenvalue weighted by atomic mass is 10.3. The molecule has 0 saturated carbocycles. The van der Waals surface area contributed by atoms with Crippen molar-refractivity contribution in [3.05, 3.63) is 42.0 Å². The topological polar surface area (TPSA) is 117 Å². The number of nitrogens with one attached hydrogen (secondary N) is 2. The third-order valence-electron chi connectivity index (χ3n) is 2.16. The van der Waals surface area contributed by atoms with Crippen molar-refractivity contribution in [2.24, 2.45) is 0 Å². The molecule has 0 aliphatic rings. The highest BCUT2D eigenvalue weighted by molar-refractivity contribution is 5.92. The van der Waals surface area contributed by atoms with Gasteiger partial charge in [-0.3, -0.25) is 4.98 Å². The van der Waals surface area contributed by atoms with E-state index in [9.17, 15) is 9.59 Å². The summed E-state index contributed by atoms with van der Waals surface area (Å²) < 4.78 is 4.80. The van der Waals surface area contributed by atoms with Gasteiger partial charge >= 0.3 is 12.0 Å². The molecule has 0 atom stereocenters. The molecule has 2 aromatic rings. The van der Waals surface area contributed by atoms with Gasteiger partial charge in [0.05, 0.1) is 30.2 Å². The van der Waals surface area contributed by atoms with E-state index in [1.54, 1.807) is 6.07 Å². The standard InChI is InChI=1S/C11H10N4O4/c16-10(17)7-3-8(5-12-4-7)15-11(18)13-6-9-1-2-14-19-9/h1-5H,6H2,(H,16,17)(H2,13,15,18). The lowest BCUT2D eigenvalue weighted by molar-refractivity contribution is 0.0696. The molecule has 0 spiro atoms. The van der Waals surface area contributed by atoms with E-state index in [0.29, 0.717) is 5.76 Å². The molecule has 2 amide bonds. The van der Waals surface area contributed by atoms with Crippen LogP contribution in [0.15, 0.2) is 35.2 Å². The Labute approximate surface area is 107 Å². The summed E-state index contributed by atoms with van der Waals surface area (Å²) in [6, 6.07) is 2.43. The monoisotopic (exact) mass is 262 g/mol. The Morgan fingerprint density at radius 1 is 1.37 bits per heavy atom. The first-order valence-corrected chi connectivity index (χ1v) is 5.28. The number of aromatic nitrogens is 2. The van der Waals surface area contributed by atoms with Gasteiger partial charge < -0.3 is 20.3 Å². The number of nitrogens with zero attached hydrogens (tertiary/aromatic N) is 2. The minimum absolute atomic E-state index is 0.00645. The van der Waals surface area contributed by atoms with Crippen LogP contribution in [0.3, 0.4) is 0 Å². The van der Waals surface area contributed by atoms with Gasteiger partial charge in [0.1, 0.15) is 0 Å². The second-order valence-electron chi connectivity index (χ2n) is 3.55. The van der Waals surface area contributed by atoms with Crippen LogP contribution >= 0.6 is 0 Å². The molecule has 19 heavy (non-hydrogen) atoms. The number of amides is 2.